The first-order valence-corrected chi connectivity index (χ1v) is 6.28. The lowest BCUT2D eigenvalue weighted by molar-refractivity contribution is -0.117. The summed E-state index contributed by atoms with van der Waals surface area (Å²) in [4.78, 5) is 14.5. The molecule has 0 aromatic heterocycles. The van der Waals surface area contributed by atoms with Gasteiger partial charge in [0, 0.05) is 27.7 Å². The van der Waals surface area contributed by atoms with Gasteiger partial charge in [0.2, 0.25) is 0 Å². The minimum absolute atomic E-state index is 0.0459. The van der Waals surface area contributed by atoms with Crippen LogP contribution in [0.25, 0.3) is 0 Å². The van der Waals surface area contributed by atoms with Crippen LogP contribution in [0.15, 0.2) is 51.8 Å². The van der Waals surface area contributed by atoms with Crippen molar-refractivity contribution >= 4 is 17.5 Å². The first-order valence-electron chi connectivity index (χ1n) is 5.47. The lowest BCUT2D eigenvalue weighted by Crippen LogP contribution is -2.19. The van der Waals surface area contributed by atoms with E-state index in [1.54, 1.807) is 11.8 Å². The van der Waals surface area contributed by atoms with Crippen molar-refractivity contribution in [3.8, 4) is 0 Å². The Hall–Kier alpha value is -1.28. The third-order valence-electron chi connectivity index (χ3n) is 3.10. The van der Waals surface area contributed by atoms with E-state index in [0.717, 1.165) is 16.9 Å². The Morgan fingerprint density at radius 1 is 1.31 bits per heavy atom. The van der Waals surface area contributed by atoms with E-state index < -0.39 is 0 Å². The normalized spacial score (nSPS) is 23.1. The molecule has 1 aliphatic heterocycles. The van der Waals surface area contributed by atoms with Gasteiger partial charge in [-0.25, -0.2) is 0 Å². The maximum atomic E-state index is 12.0. The average Bonchev–Trinajstić information content (AvgIpc) is 2.32. The molecular formula is C14H12OS. The lowest BCUT2D eigenvalue weighted by atomic mass is 9.90. The van der Waals surface area contributed by atoms with Crippen molar-refractivity contribution in [1.29, 1.82) is 0 Å². The van der Waals surface area contributed by atoms with Crippen molar-refractivity contribution in [2.75, 3.05) is 0 Å². The highest BCUT2D eigenvalue weighted by molar-refractivity contribution is 8.03. The number of thioether (sulfide) groups is 1. The Labute approximate surface area is 99.2 Å². The third-order valence-corrected chi connectivity index (χ3v) is 4.33. The molecule has 1 heterocycles. The van der Waals surface area contributed by atoms with Crippen LogP contribution in [0.1, 0.15) is 12.5 Å². The van der Waals surface area contributed by atoms with Crippen LogP contribution < -0.4 is 0 Å². The van der Waals surface area contributed by atoms with Gasteiger partial charge in [-0.15, -0.1) is 0 Å². The summed E-state index contributed by atoms with van der Waals surface area (Å²) in [6, 6.07) is 8.33. The molecule has 1 aromatic carbocycles. The van der Waals surface area contributed by atoms with E-state index in [2.05, 4.69) is 18.2 Å². The summed E-state index contributed by atoms with van der Waals surface area (Å²) in [5.41, 5.74) is 2.28. The summed E-state index contributed by atoms with van der Waals surface area (Å²) in [7, 11) is 0. The van der Waals surface area contributed by atoms with Gasteiger partial charge in [0.15, 0.2) is 5.78 Å². The number of Topliss-reactive ketones (excluding diaryl/α,β-unsaturated/α-hetero) is 1. The topological polar surface area (TPSA) is 17.1 Å². The van der Waals surface area contributed by atoms with E-state index in [-0.39, 0.29) is 5.92 Å². The second-order valence-corrected chi connectivity index (χ2v) is 5.33. The number of allylic oxidation sites excluding steroid dienone is 3. The Morgan fingerprint density at radius 2 is 2.12 bits per heavy atom. The van der Waals surface area contributed by atoms with Crippen LogP contribution >= 0.6 is 11.8 Å². The van der Waals surface area contributed by atoms with Crippen LogP contribution in [-0.4, -0.2) is 5.78 Å². The minimum atomic E-state index is 0.0459. The van der Waals surface area contributed by atoms with Gasteiger partial charge in [-0.2, -0.15) is 0 Å². The number of fused-ring (bicyclic) bond motifs is 1. The van der Waals surface area contributed by atoms with Crippen molar-refractivity contribution in [2.24, 2.45) is 5.92 Å². The maximum absolute atomic E-state index is 12.0. The SMILES string of the molecule is CC1C=CC2=C(Cc3ccccc3S2)C1=O. The Bertz CT molecular complexity index is 525. The van der Waals surface area contributed by atoms with Crippen molar-refractivity contribution in [1.82, 2.24) is 0 Å². The number of benzene rings is 1. The molecule has 2 heteroatoms. The molecule has 1 atom stereocenters. The molecule has 0 spiro atoms. The van der Waals surface area contributed by atoms with E-state index in [1.165, 1.54) is 10.5 Å². The molecule has 1 aromatic rings. The fourth-order valence-corrected chi connectivity index (χ4v) is 3.24. The molecule has 1 aliphatic carbocycles. The van der Waals surface area contributed by atoms with E-state index in [1.807, 2.05) is 25.1 Å². The molecule has 1 unspecified atom stereocenters. The first-order chi connectivity index (χ1) is 7.75. The third kappa shape index (κ3) is 1.45. The molecule has 0 amide bonds. The van der Waals surface area contributed by atoms with Crippen molar-refractivity contribution in [3.63, 3.8) is 0 Å². The van der Waals surface area contributed by atoms with Gasteiger partial charge in [0.25, 0.3) is 0 Å². The zero-order valence-electron chi connectivity index (χ0n) is 9.07. The van der Waals surface area contributed by atoms with Crippen LogP contribution in [0.3, 0.4) is 0 Å². The number of carbonyl (C=O) groups excluding carboxylic acids is 1. The zero-order chi connectivity index (χ0) is 11.1. The van der Waals surface area contributed by atoms with Crippen LogP contribution in [0.5, 0.6) is 0 Å². The largest absolute Gasteiger partial charge is 0.294 e. The van der Waals surface area contributed by atoms with E-state index >= 15 is 0 Å². The fourth-order valence-electron chi connectivity index (χ4n) is 2.14. The van der Waals surface area contributed by atoms with Crippen molar-refractivity contribution in [3.05, 3.63) is 52.5 Å². The highest BCUT2D eigenvalue weighted by atomic mass is 32.2. The number of hydrogen-bond acceptors (Lipinski definition) is 2. The molecule has 0 fully saturated rings. The lowest BCUT2D eigenvalue weighted by Gasteiger charge is -2.24. The smallest absolute Gasteiger partial charge is 0.166 e. The van der Waals surface area contributed by atoms with Crippen LogP contribution in [0.4, 0.5) is 0 Å². The molecule has 2 aliphatic rings. The molecule has 0 bridgehead atoms. The van der Waals surface area contributed by atoms with Crippen molar-refractivity contribution in [2.45, 2.75) is 18.2 Å². The van der Waals surface area contributed by atoms with Crippen LogP contribution in [-0.2, 0) is 11.2 Å². The average molecular weight is 228 g/mol. The molecule has 3 rings (SSSR count). The summed E-state index contributed by atoms with van der Waals surface area (Å²) >= 11 is 1.72. The Kier molecular flexibility index (Phi) is 2.25. The molecule has 0 saturated heterocycles. The quantitative estimate of drug-likeness (QED) is 0.677. The summed E-state index contributed by atoms with van der Waals surface area (Å²) in [6.45, 7) is 1.97. The minimum Gasteiger partial charge on any atom is -0.294 e. The van der Waals surface area contributed by atoms with Gasteiger partial charge in [-0.05, 0) is 11.6 Å². The number of ketones is 1. The van der Waals surface area contributed by atoms with Gasteiger partial charge in [-0.3, -0.25) is 4.79 Å². The first kappa shape index (κ1) is 9.91. The van der Waals surface area contributed by atoms with Gasteiger partial charge in [0.1, 0.15) is 0 Å². The molecule has 0 N–H and O–H groups in total. The van der Waals surface area contributed by atoms with Gasteiger partial charge in [-0.1, -0.05) is 49.0 Å². The Morgan fingerprint density at radius 3 is 3.00 bits per heavy atom. The monoisotopic (exact) mass is 228 g/mol. The Balaban J connectivity index is 2.06. The number of rotatable bonds is 0. The summed E-state index contributed by atoms with van der Waals surface area (Å²) in [6.07, 6.45) is 4.90. The van der Waals surface area contributed by atoms with Crippen LogP contribution in [0, 0.1) is 5.92 Å². The summed E-state index contributed by atoms with van der Waals surface area (Å²) < 4.78 is 0. The van der Waals surface area contributed by atoms with Gasteiger partial charge in [0.05, 0.1) is 0 Å². The number of carbonyl (C=O) groups is 1. The van der Waals surface area contributed by atoms with E-state index in [0.29, 0.717) is 5.78 Å². The molecule has 16 heavy (non-hydrogen) atoms. The molecule has 1 nitrogen and oxygen atoms in total. The number of hydrogen-bond donors (Lipinski definition) is 0. The highest BCUT2D eigenvalue weighted by Crippen LogP contribution is 2.41. The second kappa shape index (κ2) is 3.63. The zero-order valence-corrected chi connectivity index (χ0v) is 9.88. The van der Waals surface area contributed by atoms with Crippen LogP contribution in [0.2, 0.25) is 0 Å². The predicted molar refractivity (Wildman–Crippen MR) is 66.3 cm³/mol. The standard InChI is InChI=1S/C14H12OS/c1-9-6-7-13-11(14(9)15)8-10-4-2-3-5-12(10)16-13/h2-7,9H,8H2,1H3. The van der Waals surface area contributed by atoms with Gasteiger partial charge < -0.3 is 0 Å². The molecule has 0 radical (unpaired) electrons. The van der Waals surface area contributed by atoms with E-state index in [4.69, 9.17) is 0 Å². The van der Waals surface area contributed by atoms with Gasteiger partial charge >= 0.3 is 0 Å². The summed E-state index contributed by atoms with van der Waals surface area (Å²) in [5, 5.41) is 0. The molecular weight excluding hydrogens is 216 g/mol. The molecule has 0 saturated carbocycles. The summed E-state index contributed by atoms with van der Waals surface area (Å²) in [5.74, 6) is 0.337. The predicted octanol–water partition coefficient (Wildman–Crippen LogP) is 3.36. The maximum Gasteiger partial charge on any atom is 0.166 e. The molecule has 80 valence electrons. The highest BCUT2D eigenvalue weighted by Gasteiger charge is 2.27. The van der Waals surface area contributed by atoms with Crippen molar-refractivity contribution < 1.29 is 4.79 Å². The fraction of sp³-hybridized carbons (Fsp3) is 0.214. The second-order valence-electron chi connectivity index (χ2n) is 4.24. The van der Waals surface area contributed by atoms with E-state index in [9.17, 15) is 4.79 Å².